The molecular formula is C21H18N2O3. The molecule has 3 aliphatic rings. The summed E-state index contributed by atoms with van der Waals surface area (Å²) in [6.45, 7) is 0.838. The molecule has 1 N–H and O–H groups in total. The first-order valence-electron chi connectivity index (χ1n) is 8.90. The minimum absolute atomic E-state index is 0.0198. The lowest BCUT2D eigenvalue weighted by molar-refractivity contribution is -0.132. The van der Waals surface area contributed by atoms with Crippen molar-refractivity contribution >= 4 is 17.7 Å². The lowest BCUT2D eigenvalue weighted by atomic mass is 9.85. The maximum Gasteiger partial charge on any atom is 0.235 e. The number of carbonyl (C=O) groups excluding carboxylic acids is 3. The van der Waals surface area contributed by atoms with Gasteiger partial charge in [-0.3, -0.25) is 19.7 Å². The largest absolute Gasteiger partial charge is 0.341 e. The van der Waals surface area contributed by atoms with Crippen molar-refractivity contribution in [2.75, 3.05) is 13.1 Å². The molecular weight excluding hydrogens is 328 g/mol. The molecule has 0 bridgehead atoms. The molecule has 26 heavy (non-hydrogen) atoms. The maximum absolute atomic E-state index is 13.4. The molecule has 2 aliphatic heterocycles. The van der Waals surface area contributed by atoms with E-state index < -0.39 is 5.41 Å². The van der Waals surface area contributed by atoms with Crippen molar-refractivity contribution in [3.05, 3.63) is 59.7 Å². The number of nitrogens with one attached hydrogen (secondary N) is 1. The molecule has 1 atom stereocenters. The molecule has 5 nitrogen and oxygen atoms in total. The van der Waals surface area contributed by atoms with Gasteiger partial charge in [0, 0.05) is 19.5 Å². The molecule has 0 radical (unpaired) electrons. The summed E-state index contributed by atoms with van der Waals surface area (Å²) in [4.78, 5) is 39.0. The Hall–Kier alpha value is -2.95. The highest BCUT2D eigenvalue weighted by molar-refractivity contribution is 6.06. The molecule has 5 heteroatoms. The zero-order chi connectivity index (χ0) is 17.9. The van der Waals surface area contributed by atoms with Crippen molar-refractivity contribution in [1.82, 2.24) is 10.2 Å². The highest BCUT2D eigenvalue weighted by Gasteiger charge is 2.52. The molecule has 2 aromatic rings. The lowest BCUT2D eigenvalue weighted by Crippen LogP contribution is -2.38. The van der Waals surface area contributed by atoms with E-state index >= 15 is 0 Å². The van der Waals surface area contributed by atoms with Gasteiger partial charge in [-0.2, -0.15) is 0 Å². The fourth-order valence-electron chi connectivity index (χ4n) is 4.69. The summed E-state index contributed by atoms with van der Waals surface area (Å²) >= 11 is 0. The Bertz CT molecular complexity index is 922. The first kappa shape index (κ1) is 15.3. The molecule has 1 aliphatic carbocycles. The second-order valence-electron chi connectivity index (χ2n) is 7.45. The van der Waals surface area contributed by atoms with Crippen molar-refractivity contribution in [3.8, 4) is 11.1 Å². The number of amides is 3. The van der Waals surface area contributed by atoms with Crippen LogP contribution in [0.25, 0.3) is 11.1 Å². The number of nitrogens with zero attached hydrogens (tertiary/aromatic N) is 1. The molecule has 2 saturated heterocycles. The number of benzene rings is 2. The van der Waals surface area contributed by atoms with Crippen molar-refractivity contribution < 1.29 is 14.4 Å². The number of hydrogen-bond donors (Lipinski definition) is 1. The molecule has 2 fully saturated rings. The third-order valence-corrected chi connectivity index (χ3v) is 5.98. The Morgan fingerprint density at radius 3 is 2.19 bits per heavy atom. The van der Waals surface area contributed by atoms with E-state index in [0.29, 0.717) is 19.5 Å². The maximum atomic E-state index is 13.4. The summed E-state index contributed by atoms with van der Waals surface area (Å²) in [6, 6.07) is 16.0. The molecule has 1 spiro atoms. The average Bonchev–Trinajstić information content (AvgIpc) is 3.29. The van der Waals surface area contributed by atoms with Crippen molar-refractivity contribution in [1.29, 1.82) is 0 Å². The minimum Gasteiger partial charge on any atom is -0.341 e. The van der Waals surface area contributed by atoms with Crippen LogP contribution in [-0.4, -0.2) is 35.7 Å². The average molecular weight is 346 g/mol. The van der Waals surface area contributed by atoms with E-state index in [4.69, 9.17) is 0 Å². The summed E-state index contributed by atoms with van der Waals surface area (Å²) in [7, 11) is 0. The van der Waals surface area contributed by atoms with E-state index in [1.54, 1.807) is 4.90 Å². The van der Waals surface area contributed by atoms with Gasteiger partial charge >= 0.3 is 0 Å². The van der Waals surface area contributed by atoms with Gasteiger partial charge < -0.3 is 4.90 Å². The number of imide groups is 1. The monoisotopic (exact) mass is 346 g/mol. The second kappa shape index (κ2) is 5.27. The number of rotatable bonds is 1. The van der Waals surface area contributed by atoms with E-state index in [2.05, 4.69) is 17.4 Å². The molecule has 1 unspecified atom stereocenters. The Balaban J connectivity index is 1.50. The Morgan fingerprint density at radius 2 is 1.62 bits per heavy atom. The Kier molecular flexibility index (Phi) is 3.11. The predicted molar refractivity (Wildman–Crippen MR) is 95.1 cm³/mol. The van der Waals surface area contributed by atoms with Gasteiger partial charge in [-0.15, -0.1) is 0 Å². The zero-order valence-corrected chi connectivity index (χ0v) is 14.2. The fraction of sp³-hybridized carbons (Fsp3) is 0.286. The Morgan fingerprint density at radius 1 is 1.00 bits per heavy atom. The highest BCUT2D eigenvalue weighted by atomic mass is 16.2. The summed E-state index contributed by atoms with van der Waals surface area (Å²) in [5.74, 6) is -0.782. The minimum atomic E-state index is -0.732. The molecule has 0 aromatic heterocycles. The summed E-state index contributed by atoms with van der Waals surface area (Å²) in [5, 5.41) is 2.39. The van der Waals surface area contributed by atoms with Gasteiger partial charge in [0.1, 0.15) is 0 Å². The van der Waals surface area contributed by atoms with Crippen LogP contribution in [0.15, 0.2) is 48.5 Å². The van der Waals surface area contributed by atoms with Crippen molar-refractivity contribution in [2.45, 2.75) is 18.8 Å². The first-order valence-corrected chi connectivity index (χ1v) is 8.90. The standard InChI is InChI=1S/C21H18N2O3/c24-17-11-21(20(26)22-17)9-10-23(12-21)19(25)18-15-7-3-1-5-13(15)14-6-2-4-8-16(14)18/h1-8,18H,9-12H2,(H,22,24,26). The fourth-order valence-corrected chi connectivity index (χ4v) is 4.69. The molecule has 2 heterocycles. The number of fused-ring (bicyclic) bond motifs is 3. The normalized spacial score (nSPS) is 24.1. The number of carbonyl (C=O) groups is 3. The van der Waals surface area contributed by atoms with E-state index in [1.165, 1.54) is 0 Å². The third-order valence-electron chi connectivity index (χ3n) is 5.98. The van der Waals surface area contributed by atoms with Gasteiger partial charge in [-0.05, 0) is 28.7 Å². The van der Waals surface area contributed by atoms with E-state index in [1.807, 2.05) is 36.4 Å². The second-order valence-corrected chi connectivity index (χ2v) is 7.45. The smallest absolute Gasteiger partial charge is 0.235 e. The van der Waals surface area contributed by atoms with Gasteiger partial charge in [-0.1, -0.05) is 48.5 Å². The van der Waals surface area contributed by atoms with Crippen LogP contribution in [0.2, 0.25) is 0 Å². The van der Waals surface area contributed by atoms with E-state index in [-0.39, 0.29) is 30.1 Å². The Labute approximate surface area is 151 Å². The van der Waals surface area contributed by atoms with Gasteiger partial charge in [0.2, 0.25) is 17.7 Å². The van der Waals surface area contributed by atoms with Crippen LogP contribution >= 0.6 is 0 Å². The molecule has 5 rings (SSSR count). The van der Waals surface area contributed by atoms with Gasteiger partial charge in [0.05, 0.1) is 11.3 Å². The SMILES string of the molecule is O=C1CC2(CCN(C(=O)C3c4ccccc4-c4ccccc43)C2)C(=O)N1. The summed E-state index contributed by atoms with van der Waals surface area (Å²) < 4.78 is 0. The van der Waals surface area contributed by atoms with Crippen molar-refractivity contribution in [2.24, 2.45) is 5.41 Å². The first-order chi connectivity index (χ1) is 12.6. The van der Waals surface area contributed by atoms with Crippen LogP contribution in [0.5, 0.6) is 0 Å². The molecule has 0 saturated carbocycles. The van der Waals surface area contributed by atoms with Crippen LogP contribution < -0.4 is 5.32 Å². The van der Waals surface area contributed by atoms with Crippen LogP contribution in [-0.2, 0) is 14.4 Å². The quantitative estimate of drug-likeness (QED) is 0.804. The summed E-state index contributed by atoms with van der Waals surface area (Å²) in [5.41, 5.74) is 3.51. The topological polar surface area (TPSA) is 66.5 Å². The third kappa shape index (κ3) is 2.00. The van der Waals surface area contributed by atoms with Crippen LogP contribution in [0.1, 0.15) is 29.9 Å². The van der Waals surface area contributed by atoms with Crippen molar-refractivity contribution in [3.63, 3.8) is 0 Å². The number of hydrogen-bond acceptors (Lipinski definition) is 3. The van der Waals surface area contributed by atoms with Gasteiger partial charge in [0.15, 0.2) is 0 Å². The molecule has 2 aromatic carbocycles. The van der Waals surface area contributed by atoms with Crippen LogP contribution in [0.4, 0.5) is 0 Å². The molecule has 130 valence electrons. The number of likely N-dealkylation sites (tertiary alicyclic amines) is 1. The zero-order valence-electron chi connectivity index (χ0n) is 14.2. The molecule has 3 amide bonds. The predicted octanol–water partition coefficient (Wildman–Crippen LogP) is 2.06. The van der Waals surface area contributed by atoms with E-state index in [0.717, 1.165) is 22.3 Å². The van der Waals surface area contributed by atoms with E-state index in [9.17, 15) is 14.4 Å². The highest BCUT2D eigenvalue weighted by Crippen LogP contribution is 2.47. The van der Waals surface area contributed by atoms with Gasteiger partial charge in [0.25, 0.3) is 0 Å². The van der Waals surface area contributed by atoms with Crippen LogP contribution in [0, 0.1) is 5.41 Å². The van der Waals surface area contributed by atoms with Gasteiger partial charge in [-0.25, -0.2) is 0 Å². The van der Waals surface area contributed by atoms with Crippen LogP contribution in [0.3, 0.4) is 0 Å². The lowest BCUT2D eigenvalue weighted by Gasteiger charge is -2.24. The summed E-state index contributed by atoms with van der Waals surface area (Å²) in [6.07, 6.45) is 0.736.